The van der Waals surface area contributed by atoms with Gasteiger partial charge in [0.1, 0.15) is 12.7 Å². The Morgan fingerprint density at radius 3 is 1.10 bits per heavy atom. The fraction of sp³-hybridized carbons (Fsp3) is 0.943. The highest BCUT2D eigenvalue weighted by molar-refractivity contribution is 5.70. The summed E-state index contributed by atoms with van der Waals surface area (Å²) in [7, 11) is 0. The predicted molar refractivity (Wildman–Crippen MR) is 171 cm³/mol. The van der Waals surface area contributed by atoms with Gasteiger partial charge in [-0.15, -0.1) is 0 Å². The highest BCUT2D eigenvalue weighted by Crippen LogP contribution is 2.15. The first-order valence-corrected chi connectivity index (χ1v) is 17.7. The van der Waals surface area contributed by atoms with Crippen LogP contribution in [0.25, 0.3) is 0 Å². The molecule has 0 aromatic heterocycles. The lowest BCUT2D eigenvalue weighted by Gasteiger charge is -2.16. The smallest absolute Gasteiger partial charge is 0.306 e. The number of carbonyl (C=O) groups excluding carboxylic acids is 2. The Morgan fingerprint density at radius 2 is 0.775 bits per heavy atom. The van der Waals surface area contributed by atoms with Gasteiger partial charge in [-0.1, -0.05) is 168 Å². The molecule has 0 aliphatic rings. The monoisotopic (exact) mass is 568 g/mol. The van der Waals surface area contributed by atoms with E-state index < -0.39 is 6.10 Å². The normalized spacial score (nSPS) is 12.0. The lowest BCUT2D eigenvalue weighted by Crippen LogP contribution is -2.32. The van der Waals surface area contributed by atoms with Crippen LogP contribution in [-0.4, -0.2) is 31.2 Å². The Hall–Kier alpha value is -1.10. The topological polar surface area (TPSA) is 78.6 Å². The molecule has 0 bridgehead atoms. The number of hydrogen-bond donors (Lipinski definition) is 1. The molecule has 238 valence electrons. The van der Waals surface area contributed by atoms with Crippen molar-refractivity contribution in [1.82, 2.24) is 0 Å². The summed E-state index contributed by atoms with van der Waals surface area (Å²) in [6.45, 7) is 4.77. The minimum atomic E-state index is -0.537. The van der Waals surface area contributed by atoms with Crippen LogP contribution in [0, 0.1) is 0 Å². The Kier molecular flexibility index (Phi) is 31.5. The molecule has 0 aromatic rings. The molecule has 5 nitrogen and oxygen atoms in total. The summed E-state index contributed by atoms with van der Waals surface area (Å²) in [6, 6.07) is 0. The highest BCUT2D eigenvalue weighted by atomic mass is 16.6. The van der Waals surface area contributed by atoms with Gasteiger partial charge in [-0.3, -0.25) is 9.59 Å². The van der Waals surface area contributed by atoms with Crippen LogP contribution in [0.15, 0.2) is 0 Å². The molecule has 40 heavy (non-hydrogen) atoms. The number of unbranched alkanes of at least 4 members (excludes halogenated alkanes) is 24. The molecule has 0 amide bonds. The summed E-state index contributed by atoms with van der Waals surface area (Å²) in [5.41, 5.74) is 5.74. The molecule has 1 atom stereocenters. The Bertz CT molecular complexity index is 539. The van der Waals surface area contributed by atoms with Crippen molar-refractivity contribution in [3.8, 4) is 0 Å². The molecule has 0 heterocycles. The standard InChI is InChI=1S/C35H69NO4/c1-3-5-7-9-11-13-15-16-17-18-20-21-23-25-27-29-34(37)39-32-33(31-36)40-35(38)30-28-26-24-22-19-14-12-10-8-6-4-2/h33H,3-32,36H2,1-2H3. The second-order valence-electron chi connectivity index (χ2n) is 12.0. The summed E-state index contributed by atoms with van der Waals surface area (Å²) in [4.78, 5) is 24.2. The summed E-state index contributed by atoms with van der Waals surface area (Å²) < 4.78 is 10.8. The Balaban J connectivity index is 3.51. The second-order valence-corrected chi connectivity index (χ2v) is 12.0. The van der Waals surface area contributed by atoms with Crippen LogP contribution < -0.4 is 5.73 Å². The van der Waals surface area contributed by atoms with E-state index in [0.717, 1.165) is 25.7 Å². The van der Waals surface area contributed by atoms with Crippen LogP contribution in [0.2, 0.25) is 0 Å². The van der Waals surface area contributed by atoms with Gasteiger partial charge in [0.25, 0.3) is 0 Å². The first-order chi connectivity index (χ1) is 19.6. The van der Waals surface area contributed by atoms with E-state index in [4.69, 9.17) is 15.2 Å². The van der Waals surface area contributed by atoms with Crippen LogP contribution in [0.1, 0.15) is 194 Å². The lowest BCUT2D eigenvalue weighted by atomic mass is 10.0. The average molecular weight is 568 g/mol. The van der Waals surface area contributed by atoms with Crippen LogP contribution in [-0.2, 0) is 19.1 Å². The SMILES string of the molecule is CCCCCCCCCCCCCCCCCC(=O)OCC(CN)OC(=O)CCCCCCCCCCCCC. The number of esters is 2. The molecule has 1 unspecified atom stereocenters. The molecular weight excluding hydrogens is 498 g/mol. The first-order valence-electron chi connectivity index (χ1n) is 17.7. The Morgan fingerprint density at radius 1 is 0.475 bits per heavy atom. The fourth-order valence-electron chi connectivity index (χ4n) is 5.23. The van der Waals surface area contributed by atoms with Crippen molar-refractivity contribution in [2.24, 2.45) is 5.73 Å². The maximum Gasteiger partial charge on any atom is 0.306 e. The molecule has 0 aliphatic heterocycles. The van der Waals surface area contributed by atoms with Crippen LogP contribution in [0.4, 0.5) is 0 Å². The molecule has 0 aromatic carbocycles. The summed E-state index contributed by atoms with van der Waals surface area (Å²) in [5.74, 6) is -0.445. The number of nitrogens with two attached hydrogens (primary N) is 1. The largest absolute Gasteiger partial charge is 0.462 e. The third-order valence-corrected chi connectivity index (χ3v) is 7.96. The molecule has 0 saturated heterocycles. The van der Waals surface area contributed by atoms with E-state index in [1.165, 1.54) is 141 Å². The van der Waals surface area contributed by atoms with E-state index in [9.17, 15) is 9.59 Å². The van der Waals surface area contributed by atoms with Gasteiger partial charge >= 0.3 is 11.9 Å². The van der Waals surface area contributed by atoms with E-state index in [-0.39, 0.29) is 25.1 Å². The summed E-state index contributed by atoms with van der Waals surface area (Å²) >= 11 is 0. The number of rotatable bonds is 32. The fourth-order valence-corrected chi connectivity index (χ4v) is 5.23. The number of ether oxygens (including phenoxy) is 2. The minimum Gasteiger partial charge on any atom is -0.462 e. The van der Waals surface area contributed by atoms with E-state index >= 15 is 0 Å². The van der Waals surface area contributed by atoms with Crippen molar-refractivity contribution in [2.75, 3.05) is 13.2 Å². The van der Waals surface area contributed by atoms with Crippen molar-refractivity contribution in [3.05, 3.63) is 0 Å². The number of carbonyl (C=O) groups is 2. The van der Waals surface area contributed by atoms with Crippen molar-refractivity contribution < 1.29 is 19.1 Å². The second kappa shape index (κ2) is 32.4. The van der Waals surface area contributed by atoms with Crippen molar-refractivity contribution in [3.63, 3.8) is 0 Å². The van der Waals surface area contributed by atoms with Crippen LogP contribution in [0.5, 0.6) is 0 Å². The Labute approximate surface area is 249 Å². The third kappa shape index (κ3) is 29.9. The molecular formula is C35H69NO4. The van der Waals surface area contributed by atoms with Crippen molar-refractivity contribution in [1.29, 1.82) is 0 Å². The van der Waals surface area contributed by atoms with Gasteiger partial charge in [0, 0.05) is 19.4 Å². The molecule has 0 spiro atoms. The van der Waals surface area contributed by atoms with Gasteiger partial charge in [0.05, 0.1) is 0 Å². The van der Waals surface area contributed by atoms with Crippen LogP contribution in [0.3, 0.4) is 0 Å². The average Bonchev–Trinajstić information content (AvgIpc) is 2.96. The predicted octanol–water partition coefficient (Wildman–Crippen LogP) is 10.4. The van der Waals surface area contributed by atoms with Crippen molar-refractivity contribution >= 4 is 11.9 Å². The minimum absolute atomic E-state index is 0.0675. The zero-order valence-electron chi connectivity index (χ0n) is 27.0. The third-order valence-electron chi connectivity index (χ3n) is 7.96. The van der Waals surface area contributed by atoms with Gasteiger partial charge in [-0.2, -0.15) is 0 Å². The molecule has 2 N–H and O–H groups in total. The molecule has 0 saturated carbocycles. The van der Waals surface area contributed by atoms with E-state index in [0.29, 0.717) is 12.8 Å². The van der Waals surface area contributed by atoms with Gasteiger partial charge in [-0.25, -0.2) is 0 Å². The van der Waals surface area contributed by atoms with Crippen molar-refractivity contribution in [2.45, 2.75) is 200 Å². The lowest BCUT2D eigenvalue weighted by molar-refractivity contribution is -0.158. The van der Waals surface area contributed by atoms with Crippen LogP contribution >= 0.6 is 0 Å². The maximum atomic E-state index is 12.1. The zero-order valence-corrected chi connectivity index (χ0v) is 27.0. The number of hydrogen-bond acceptors (Lipinski definition) is 5. The maximum absolute atomic E-state index is 12.1. The molecule has 0 aliphatic carbocycles. The molecule has 0 radical (unpaired) electrons. The van der Waals surface area contributed by atoms with E-state index in [2.05, 4.69) is 13.8 Å². The van der Waals surface area contributed by atoms with E-state index in [1.54, 1.807) is 0 Å². The van der Waals surface area contributed by atoms with Gasteiger partial charge < -0.3 is 15.2 Å². The quantitative estimate of drug-likeness (QED) is 0.0646. The summed E-state index contributed by atoms with van der Waals surface area (Å²) in [6.07, 6.45) is 33.7. The van der Waals surface area contributed by atoms with Gasteiger partial charge in [0.15, 0.2) is 0 Å². The molecule has 0 rings (SSSR count). The van der Waals surface area contributed by atoms with E-state index in [1.807, 2.05) is 0 Å². The van der Waals surface area contributed by atoms with Gasteiger partial charge in [0.2, 0.25) is 0 Å². The first kappa shape index (κ1) is 38.9. The molecule has 5 heteroatoms. The highest BCUT2D eigenvalue weighted by Gasteiger charge is 2.15. The van der Waals surface area contributed by atoms with Gasteiger partial charge in [-0.05, 0) is 12.8 Å². The molecule has 0 fully saturated rings. The zero-order chi connectivity index (χ0) is 29.4. The summed E-state index contributed by atoms with van der Waals surface area (Å²) in [5, 5.41) is 0.